The number of hydrogen-bond acceptors (Lipinski definition) is 5. The summed E-state index contributed by atoms with van der Waals surface area (Å²) in [5.74, 6) is 0. The van der Waals surface area contributed by atoms with Gasteiger partial charge in [0.1, 0.15) is 6.10 Å². The van der Waals surface area contributed by atoms with E-state index in [0.29, 0.717) is 0 Å². The Hall–Kier alpha value is -0.660. The van der Waals surface area contributed by atoms with Gasteiger partial charge in [0, 0.05) is 4.91 Å². The molecular weight excluding hydrogens is 241 g/mol. The third kappa shape index (κ3) is 4.46. The van der Waals surface area contributed by atoms with Crippen molar-refractivity contribution >= 4 is 7.82 Å². The van der Waals surface area contributed by atoms with Crippen LogP contribution < -0.4 is 0 Å². The van der Waals surface area contributed by atoms with E-state index in [-0.39, 0.29) is 13.0 Å². The molecule has 0 spiro atoms. The van der Waals surface area contributed by atoms with Crippen LogP contribution in [0.3, 0.4) is 0 Å². The number of phosphoric acid groups is 1. The molecule has 0 saturated carbocycles. The van der Waals surface area contributed by atoms with E-state index in [0.717, 1.165) is 0 Å². The van der Waals surface area contributed by atoms with E-state index in [2.05, 4.69) is 14.5 Å². The van der Waals surface area contributed by atoms with E-state index in [9.17, 15) is 9.67 Å². The van der Waals surface area contributed by atoms with Crippen LogP contribution in [0.5, 0.6) is 0 Å². The molecule has 0 aromatic rings. The summed E-state index contributed by atoms with van der Waals surface area (Å²) in [7, 11) is -4.56. The number of phosphoric ester groups is 1. The van der Waals surface area contributed by atoms with Gasteiger partial charge in [-0.15, -0.1) is 0 Å². The van der Waals surface area contributed by atoms with Crippen molar-refractivity contribution in [2.75, 3.05) is 13.2 Å². The smallest absolute Gasteiger partial charge is 0.390 e. The standard InChI is InChI=1S/C6H12N3O6P/c7-9-8-4-1-5(10)6(14-2-4)3-15-16(11,12)13/h4-6,10H,1-3H2,(H2,11,12,13)/t4-,5-,6+/m0/s1. The molecule has 0 aromatic heterocycles. The lowest BCUT2D eigenvalue weighted by Crippen LogP contribution is -2.42. The molecule has 1 aliphatic rings. The average Bonchev–Trinajstić information content (AvgIpc) is 2.15. The Morgan fingerprint density at radius 2 is 2.31 bits per heavy atom. The largest absolute Gasteiger partial charge is 0.469 e. The van der Waals surface area contributed by atoms with Crippen molar-refractivity contribution in [2.24, 2.45) is 5.11 Å². The SMILES string of the molecule is [N-]=[N+]=N[C@@H]1CO[C@H](COP(=O)(O)O)[C@@H](O)C1. The van der Waals surface area contributed by atoms with Crippen LogP contribution in [0.25, 0.3) is 10.4 Å². The molecule has 3 atom stereocenters. The van der Waals surface area contributed by atoms with E-state index in [1.54, 1.807) is 0 Å². The fourth-order valence-corrected chi connectivity index (χ4v) is 1.67. The predicted octanol–water partition coefficient (Wildman–Crippen LogP) is -0.0756. The summed E-state index contributed by atoms with van der Waals surface area (Å²) in [4.78, 5) is 19.5. The van der Waals surface area contributed by atoms with Gasteiger partial charge in [0.05, 0.1) is 25.4 Å². The minimum Gasteiger partial charge on any atom is -0.390 e. The Morgan fingerprint density at radius 1 is 1.62 bits per heavy atom. The summed E-state index contributed by atoms with van der Waals surface area (Å²) in [6.07, 6.45) is -1.62. The molecule has 1 aliphatic heterocycles. The second kappa shape index (κ2) is 5.60. The molecule has 0 radical (unpaired) electrons. The lowest BCUT2D eigenvalue weighted by molar-refractivity contribution is -0.0994. The molecule has 3 N–H and O–H groups in total. The topological polar surface area (TPSA) is 145 Å². The summed E-state index contributed by atoms with van der Waals surface area (Å²) in [5.41, 5.74) is 8.17. The third-order valence-electron chi connectivity index (χ3n) is 2.07. The van der Waals surface area contributed by atoms with Crippen LogP contribution in [0.15, 0.2) is 5.11 Å². The Bertz CT molecular complexity index is 326. The van der Waals surface area contributed by atoms with Gasteiger partial charge in [0.25, 0.3) is 0 Å². The molecule has 1 fully saturated rings. The first-order chi connectivity index (χ1) is 7.42. The number of hydrogen-bond donors (Lipinski definition) is 3. The van der Waals surface area contributed by atoms with Gasteiger partial charge in [-0.05, 0) is 12.0 Å². The third-order valence-corrected chi connectivity index (χ3v) is 2.55. The molecule has 0 unspecified atom stereocenters. The van der Waals surface area contributed by atoms with Gasteiger partial charge in [-0.25, -0.2) is 4.57 Å². The van der Waals surface area contributed by atoms with E-state index in [1.165, 1.54) is 0 Å². The zero-order valence-electron chi connectivity index (χ0n) is 8.21. The lowest BCUT2D eigenvalue weighted by atomic mass is 10.0. The number of aliphatic hydroxyl groups excluding tert-OH is 1. The zero-order valence-corrected chi connectivity index (χ0v) is 9.10. The lowest BCUT2D eigenvalue weighted by Gasteiger charge is -2.31. The van der Waals surface area contributed by atoms with Crippen LogP contribution in [-0.2, 0) is 13.8 Å². The Morgan fingerprint density at radius 3 is 2.81 bits per heavy atom. The van der Waals surface area contributed by atoms with Crippen molar-refractivity contribution in [1.29, 1.82) is 0 Å². The quantitative estimate of drug-likeness (QED) is 0.276. The van der Waals surface area contributed by atoms with Crippen LogP contribution in [0, 0.1) is 0 Å². The molecule has 0 amide bonds. The second-order valence-corrected chi connectivity index (χ2v) is 4.56. The van der Waals surface area contributed by atoms with Crippen LogP contribution in [-0.4, -0.2) is 46.4 Å². The summed E-state index contributed by atoms with van der Waals surface area (Å²) in [5, 5.41) is 12.9. The average molecular weight is 253 g/mol. The van der Waals surface area contributed by atoms with Crippen molar-refractivity contribution in [3.05, 3.63) is 10.4 Å². The Kier molecular flexibility index (Phi) is 4.69. The number of nitrogens with zero attached hydrogens (tertiary/aromatic N) is 3. The maximum atomic E-state index is 10.4. The highest BCUT2D eigenvalue weighted by Crippen LogP contribution is 2.36. The molecule has 1 heterocycles. The Labute approximate surface area is 90.9 Å². The highest BCUT2D eigenvalue weighted by atomic mass is 31.2. The molecular formula is C6H12N3O6P. The van der Waals surface area contributed by atoms with Crippen LogP contribution >= 0.6 is 7.82 Å². The van der Waals surface area contributed by atoms with Gasteiger partial charge in [-0.3, -0.25) is 4.52 Å². The summed E-state index contributed by atoms with van der Waals surface area (Å²) >= 11 is 0. The normalized spacial score (nSPS) is 30.8. The maximum absolute atomic E-state index is 10.4. The van der Waals surface area contributed by atoms with Crippen LogP contribution in [0.1, 0.15) is 6.42 Å². The summed E-state index contributed by atoms with van der Waals surface area (Å²) in [6.45, 7) is -0.315. The number of aliphatic hydroxyl groups is 1. The molecule has 16 heavy (non-hydrogen) atoms. The minimum atomic E-state index is -4.56. The minimum absolute atomic E-state index is 0.0936. The van der Waals surface area contributed by atoms with Gasteiger partial charge >= 0.3 is 7.82 Å². The van der Waals surface area contributed by atoms with E-state index < -0.39 is 32.7 Å². The Balaban J connectivity index is 2.42. The van der Waals surface area contributed by atoms with E-state index in [1.807, 2.05) is 0 Å². The van der Waals surface area contributed by atoms with Gasteiger partial charge in [0.15, 0.2) is 0 Å². The van der Waals surface area contributed by atoms with Crippen LogP contribution in [0.2, 0.25) is 0 Å². The number of rotatable bonds is 4. The first-order valence-electron chi connectivity index (χ1n) is 4.46. The van der Waals surface area contributed by atoms with E-state index in [4.69, 9.17) is 20.1 Å². The van der Waals surface area contributed by atoms with Crippen molar-refractivity contribution < 1.29 is 28.7 Å². The van der Waals surface area contributed by atoms with Gasteiger partial charge < -0.3 is 19.6 Å². The number of azide groups is 1. The molecule has 10 heteroatoms. The fraction of sp³-hybridized carbons (Fsp3) is 1.00. The highest BCUT2D eigenvalue weighted by Gasteiger charge is 2.31. The van der Waals surface area contributed by atoms with E-state index >= 15 is 0 Å². The molecule has 1 saturated heterocycles. The second-order valence-electron chi connectivity index (χ2n) is 3.32. The molecule has 1 rings (SSSR count). The van der Waals surface area contributed by atoms with Crippen molar-refractivity contribution in [3.8, 4) is 0 Å². The maximum Gasteiger partial charge on any atom is 0.469 e. The monoisotopic (exact) mass is 253 g/mol. The van der Waals surface area contributed by atoms with Crippen LogP contribution in [0.4, 0.5) is 0 Å². The summed E-state index contributed by atoms with van der Waals surface area (Å²) < 4.78 is 19.7. The van der Waals surface area contributed by atoms with Gasteiger partial charge in [-0.2, -0.15) is 0 Å². The van der Waals surface area contributed by atoms with Crippen molar-refractivity contribution in [1.82, 2.24) is 0 Å². The van der Waals surface area contributed by atoms with Gasteiger partial charge in [-0.1, -0.05) is 5.11 Å². The van der Waals surface area contributed by atoms with Crippen molar-refractivity contribution in [2.45, 2.75) is 24.7 Å². The molecule has 0 aliphatic carbocycles. The first kappa shape index (κ1) is 13.4. The summed E-state index contributed by atoms with van der Waals surface area (Å²) in [6, 6.07) is -0.466. The number of ether oxygens (including phenoxy) is 1. The fourth-order valence-electron chi connectivity index (χ4n) is 1.33. The zero-order chi connectivity index (χ0) is 12.2. The molecule has 9 nitrogen and oxygen atoms in total. The highest BCUT2D eigenvalue weighted by molar-refractivity contribution is 7.46. The predicted molar refractivity (Wildman–Crippen MR) is 51.3 cm³/mol. The molecule has 0 bridgehead atoms. The van der Waals surface area contributed by atoms with Gasteiger partial charge in [0.2, 0.25) is 0 Å². The molecule has 92 valence electrons. The van der Waals surface area contributed by atoms with Crippen molar-refractivity contribution in [3.63, 3.8) is 0 Å². The molecule has 0 aromatic carbocycles. The first-order valence-corrected chi connectivity index (χ1v) is 5.99.